The normalized spacial score (nSPS) is 9.73. The molecule has 1 aromatic rings. The zero-order valence-electron chi connectivity index (χ0n) is 6.65. The number of hydrogen-bond acceptors (Lipinski definition) is 1. The van der Waals surface area contributed by atoms with Gasteiger partial charge in [0.25, 0.3) is 0 Å². The zero-order valence-corrected chi connectivity index (χ0v) is 7.40. The Morgan fingerprint density at radius 1 is 1.64 bits per heavy atom. The molecule has 0 aliphatic heterocycles. The van der Waals surface area contributed by atoms with Crippen LogP contribution in [0.25, 0.3) is 0 Å². The molecule has 1 aromatic carbocycles. The van der Waals surface area contributed by atoms with Crippen LogP contribution in [-0.2, 0) is 0 Å². The van der Waals surface area contributed by atoms with Gasteiger partial charge in [0.05, 0.1) is 6.61 Å². The predicted octanol–water partition coefficient (Wildman–Crippen LogP) is 2.85. The average molecular weight is 170 g/mol. The van der Waals surface area contributed by atoms with Crippen molar-refractivity contribution in [2.24, 2.45) is 0 Å². The van der Waals surface area contributed by atoms with E-state index in [0.29, 0.717) is 6.61 Å². The molecular formula is C9H10ClO. The fourth-order valence-corrected chi connectivity index (χ4v) is 0.904. The zero-order chi connectivity index (χ0) is 8.27. The molecular weight excluding hydrogens is 160 g/mol. The van der Waals surface area contributed by atoms with Crippen molar-refractivity contribution in [1.29, 1.82) is 0 Å². The SMILES string of the molecule is CCOc1[c]cc(Cl)c(C)c1. The van der Waals surface area contributed by atoms with Crippen LogP contribution in [0, 0.1) is 13.0 Å². The summed E-state index contributed by atoms with van der Waals surface area (Å²) in [4.78, 5) is 0. The van der Waals surface area contributed by atoms with E-state index in [-0.39, 0.29) is 0 Å². The van der Waals surface area contributed by atoms with Crippen molar-refractivity contribution in [1.82, 2.24) is 0 Å². The lowest BCUT2D eigenvalue weighted by molar-refractivity contribution is 0.339. The van der Waals surface area contributed by atoms with Gasteiger partial charge in [-0.2, -0.15) is 0 Å². The molecule has 0 bridgehead atoms. The van der Waals surface area contributed by atoms with Gasteiger partial charge in [-0.3, -0.25) is 0 Å². The Labute approximate surface area is 71.9 Å². The van der Waals surface area contributed by atoms with Gasteiger partial charge in [-0.05, 0) is 31.5 Å². The molecule has 0 unspecified atom stereocenters. The van der Waals surface area contributed by atoms with E-state index in [1.54, 1.807) is 6.07 Å². The second-order valence-corrected chi connectivity index (χ2v) is 2.67. The van der Waals surface area contributed by atoms with Crippen LogP contribution in [0.1, 0.15) is 12.5 Å². The van der Waals surface area contributed by atoms with E-state index in [0.717, 1.165) is 16.3 Å². The van der Waals surface area contributed by atoms with Gasteiger partial charge in [0, 0.05) is 11.1 Å². The minimum Gasteiger partial charge on any atom is -0.493 e. The summed E-state index contributed by atoms with van der Waals surface area (Å²) >= 11 is 5.79. The van der Waals surface area contributed by atoms with Crippen molar-refractivity contribution in [3.63, 3.8) is 0 Å². The van der Waals surface area contributed by atoms with Crippen LogP contribution in [0.3, 0.4) is 0 Å². The minimum absolute atomic E-state index is 0.664. The molecule has 0 aliphatic carbocycles. The summed E-state index contributed by atoms with van der Waals surface area (Å²) in [7, 11) is 0. The number of hydrogen-bond donors (Lipinski definition) is 0. The van der Waals surface area contributed by atoms with Crippen LogP contribution in [0.2, 0.25) is 5.02 Å². The van der Waals surface area contributed by atoms with Crippen molar-refractivity contribution in [2.75, 3.05) is 6.61 Å². The van der Waals surface area contributed by atoms with E-state index in [4.69, 9.17) is 16.3 Å². The Hall–Kier alpha value is -0.690. The van der Waals surface area contributed by atoms with Crippen LogP contribution in [0.4, 0.5) is 0 Å². The van der Waals surface area contributed by atoms with Crippen LogP contribution in [0.5, 0.6) is 5.75 Å². The maximum Gasteiger partial charge on any atom is 0.127 e. The second kappa shape index (κ2) is 3.63. The average Bonchev–Trinajstić information content (AvgIpc) is 1.98. The Morgan fingerprint density at radius 3 is 2.91 bits per heavy atom. The first-order valence-electron chi connectivity index (χ1n) is 3.54. The molecule has 1 radical (unpaired) electrons. The Balaban J connectivity index is 2.86. The van der Waals surface area contributed by atoms with E-state index >= 15 is 0 Å². The summed E-state index contributed by atoms with van der Waals surface area (Å²) in [6.07, 6.45) is 0. The molecule has 0 atom stereocenters. The molecule has 0 heterocycles. The van der Waals surface area contributed by atoms with Crippen molar-refractivity contribution in [2.45, 2.75) is 13.8 Å². The van der Waals surface area contributed by atoms with Gasteiger partial charge in [0.15, 0.2) is 0 Å². The highest BCUT2D eigenvalue weighted by Gasteiger charge is 1.96. The van der Waals surface area contributed by atoms with Gasteiger partial charge in [0.2, 0.25) is 0 Å². The first-order chi connectivity index (χ1) is 5.24. The van der Waals surface area contributed by atoms with E-state index in [2.05, 4.69) is 6.07 Å². The highest BCUT2D eigenvalue weighted by molar-refractivity contribution is 6.31. The minimum atomic E-state index is 0.664. The molecule has 2 heteroatoms. The first kappa shape index (κ1) is 8.41. The fraction of sp³-hybridized carbons (Fsp3) is 0.333. The smallest absolute Gasteiger partial charge is 0.127 e. The van der Waals surface area contributed by atoms with Gasteiger partial charge in [-0.15, -0.1) is 0 Å². The molecule has 11 heavy (non-hydrogen) atoms. The third-order valence-corrected chi connectivity index (χ3v) is 1.77. The highest BCUT2D eigenvalue weighted by atomic mass is 35.5. The third kappa shape index (κ3) is 2.12. The van der Waals surface area contributed by atoms with Gasteiger partial charge in [-0.25, -0.2) is 0 Å². The van der Waals surface area contributed by atoms with Crippen LogP contribution < -0.4 is 4.74 Å². The maximum absolute atomic E-state index is 5.79. The number of benzene rings is 1. The molecule has 0 amide bonds. The summed E-state index contributed by atoms with van der Waals surface area (Å²) < 4.78 is 5.23. The van der Waals surface area contributed by atoms with Crippen molar-refractivity contribution < 1.29 is 4.74 Å². The molecule has 0 saturated carbocycles. The first-order valence-corrected chi connectivity index (χ1v) is 3.92. The van der Waals surface area contributed by atoms with Gasteiger partial charge in [0.1, 0.15) is 5.75 Å². The molecule has 0 spiro atoms. The molecule has 0 N–H and O–H groups in total. The quantitative estimate of drug-likeness (QED) is 0.662. The summed E-state index contributed by atoms with van der Waals surface area (Å²) in [6.45, 7) is 4.55. The fourth-order valence-electron chi connectivity index (χ4n) is 0.794. The second-order valence-electron chi connectivity index (χ2n) is 2.26. The molecule has 59 valence electrons. The molecule has 0 aliphatic rings. The molecule has 0 saturated heterocycles. The van der Waals surface area contributed by atoms with E-state index < -0.39 is 0 Å². The van der Waals surface area contributed by atoms with E-state index in [9.17, 15) is 0 Å². The van der Waals surface area contributed by atoms with E-state index in [1.807, 2.05) is 19.9 Å². The van der Waals surface area contributed by atoms with Gasteiger partial charge >= 0.3 is 0 Å². The van der Waals surface area contributed by atoms with Crippen molar-refractivity contribution in [3.05, 3.63) is 28.8 Å². The summed E-state index contributed by atoms with van der Waals surface area (Å²) in [6, 6.07) is 6.53. The lowest BCUT2D eigenvalue weighted by atomic mass is 10.2. The number of aryl methyl sites for hydroxylation is 1. The summed E-state index contributed by atoms with van der Waals surface area (Å²) in [5.74, 6) is 0.759. The van der Waals surface area contributed by atoms with Gasteiger partial charge in [-0.1, -0.05) is 11.6 Å². The van der Waals surface area contributed by atoms with Crippen LogP contribution in [-0.4, -0.2) is 6.61 Å². The maximum atomic E-state index is 5.79. The van der Waals surface area contributed by atoms with Crippen LogP contribution >= 0.6 is 11.6 Å². The third-order valence-electron chi connectivity index (χ3n) is 1.37. The topological polar surface area (TPSA) is 9.23 Å². The molecule has 0 fully saturated rings. The monoisotopic (exact) mass is 169 g/mol. The highest BCUT2D eigenvalue weighted by Crippen LogP contribution is 2.19. The molecule has 1 nitrogen and oxygen atoms in total. The number of halogens is 1. The van der Waals surface area contributed by atoms with Crippen molar-refractivity contribution in [3.8, 4) is 5.75 Å². The molecule has 1 rings (SSSR count). The standard InChI is InChI=1S/C9H10ClO/c1-3-11-8-4-5-9(10)7(2)6-8/h5-6H,3H2,1-2H3. The number of rotatable bonds is 2. The lowest BCUT2D eigenvalue weighted by Gasteiger charge is -2.03. The predicted molar refractivity (Wildman–Crippen MR) is 46.2 cm³/mol. The Kier molecular flexibility index (Phi) is 2.77. The van der Waals surface area contributed by atoms with Crippen molar-refractivity contribution >= 4 is 11.6 Å². The van der Waals surface area contributed by atoms with Gasteiger partial charge < -0.3 is 4.74 Å². The Morgan fingerprint density at radius 2 is 2.36 bits per heavy atom. The largest absolute Gasteiger partial charge is 0.493 e. The lowest BCUT2D eigenvalue weighted by Crippen LogP contribution is -1.91. The Bertz CT molecular complexity index is 245. The van der Waals surface area contributed by atoms with Crippen LogP contribution in [0.15, 0.2) is 12.1 Å². The van der Waals surface area contributed by atoms with E-state index in [1.165, 1.54) is 0 Å². The summed E-state index contributed by atoms with van der Waals surface area (Å²) in [5, 5.41) is 0.730. The molecule has 0 aromatic heterocycles. The summed E-state index contributed by atoms with van der Waals surface area (Å²) in [5.41, 5.74) is 1.02. The number of ether oxygens (including phenoxy) is 1.